The van der Waals surface area contributed by atoms with Gasteiger partial charge in [0.15, 0.2) is 16.7 Å². The Kier molecular flexibility index (Phi) is 4.92. The topological polar surface area (TPSA) is 73.0 Å². The Bertz CT molecular complexity index is 848. The van der Waals surface area contributed by atoms with Crippen LogP contribution in [0.25, 0.3) is 11.6 Å². The molecule has 1 amide bonds. The number of halogens is 1. The van der Waals surface area contributed by atoms with Crippen LogP contribution in [0.4, 0.5) is 5.69 Å². The molecule has 6 nitrogen and oxygen atoms in total. The highest BCUT2D eigenvalue weighted by molar-refractivity contribution is 8.00. The maximum absolute atomic E-state index is 12.3. The maximum atomic E-state index is 12.3. The average Bonchev–Trinajstić information content (AvgIpc) is 3.18. The van der Waals surface area contributed by atoms with Gasteiger partial charge in [0.2, 0.25) is 5.91 Å². The highest BCUT2D eigenvalue weighted by Crippen LogP contribution is 2.26. The molecule has 0 aliphatic carbocycles. The number of rotatable bonds is 5. The zero-order chi connectivity index (χ0) is 17.1. The molecule has 3 aromatic rings. The van der Waals surface area contributed by atoms with E-state index >= 15 is 0 Å². The lowest BCUT2D eigenvalue weighted by atomic mass is 10.3. The number of furan rings is 1. The number of aromatic nitrogens is 3. The standard InChI is InChI=1S/C16H15ClN4O2S/c1-10(15(22)18-12-6-3-5-11(17)9-12)24-16-20-19-14(21(16)2)13-7-4-8-23-13/h3-10H,1-2H3,(H,18,22)/t10-/m0/s1. The molecule has 0 aliphatic rings. The van der Waals surface area contributed by atoms with E-state index in [0.717, 1.165) is 0 Å². The molecular formula is C16H15ClN4O2S. The van der Waals surface area contributed by atoms with Crippen LogP contribution in [0.15, 0.2) is 52.2 Å². The van der Waals surface area contributed by atoms with Crippen LogP contribution in [0, 0.1) is 0 Å². The van der Waals surface area contributed by atoms with Crippen LogP contribution in [-0.2, 0) is 11.8 Å². The minimum absolute atomic E-state index is 0.134. The summed E-state index contributed by atoms with van der Waals surface area (Å²) in [5, 5.41) is 11.9. The van der Waals surface area contributed by atoms with Crippen molar-refractivity contribution in [2.45, 2.75) is 17.3 Å². The number of nitrogens with one attached hydrogen (secondary N) is 1. The van der Waals surface area contributed by atoms with Crippen molar-refractivity contribution >= 4 is 35.0 Å². The third-order valence-corrected chi connectivity index (χ3v) is 4.69. The minimum atomic E-state index is -0.351. The number of hydrogen-bond donors (Lipinski definition) is 1. The number of carbonyl (C=O) groups excluding carboxylic acids is 1. The van der Waals surface area contributed by atoms with Crippen molar-refractivity contribution in [3.63, 3.8) is 0 Å². The van der Waals surface area contributed by atoms with E-state index in [1.165, 1.54) is 11.8 Å². The third kappa shape index (κ3) is 3.63. The molecule has 0 unspecified atom stereocenters. The molecule has 0 fully saturated rings. The lowest BCUT2D eigenvalue weighted by Crippen LogP contribution is -2.22. The molecule has 1 N–H and O–H groups in total. The number of thioether (sulfide) groups is 1. The van der Waals surface area contributed by atoms with Gasteiger partial charge in [0.1, 0.15) is 0 Å². The zero-order valence-corrected chi connectivity index (χ0v) is 14.6. The zero-order valence-electron chi connectivity index (χ0n) is 13.1. The number of anilines is 1. The monoisotopic (exact) mass is 362 g/mol. The molecule has 0 aliphatic heterocycles. The van der Waals surface area contributed by atoms with Gasteiger partial charge in [0.25, 0.3) is 0 Å². The fraction of sp³-hybridized carbons (Fsp3) is 0.188. The first kappa shape index (κ1) is 16.6. The quantitative estimate of drug-likeness (QED) is 0.698. The fourth-order valence-corrected chi connectivity index (χ4v) is 3.06. The Labute approximate surface area is 148 Å². The third-order valence-electron chi connectivity index (χ3n) is 3.32. The van der Waals surface area contributed by atoms with Gasteiger partial charge in [-0.15, -0.1) is 10.2 Å². The molecule has 0 saturated heterocycles. The Morgan fingerprint density at radius 3 is 2.88 bits per heavy atom. The SMILES string of the molecule is C[C@H](Sc1nnc(-c2ccco2)n1C)C(=O)Nc1cccc(Cl)c1. The van der Waals surface area contributed by atoms with Crippen LogP contribution < -0.4 is 5.32 Å². The molecule has 1 aromatic carbocycles. The van der Waals surface area contributed by atoms with Gasteiger partial charge in [0.05, 0.1) is 11.5 Å². The van der Waals surface area contributed by atoms with Crippen LogP contribution in [0.5, 0.6) is 0 Å². The van der Waals surface area contributed by atoms with Crippen LogP contribution in [0.2, 0.25) is 5.02 Å². The summed E-state index contributed by atoms with van der Waals surface area (Å²) >= 11 is 7.25. The van der Waals surface area contributed by atoms with Crippen molar-refractivity contribution in [1.82, 2.24) is 14.8 Å². The minimum Gasteiger partial charge on any atom is -0.461 e. The number of nitrogens with zero attached hydrogens (tertiary/aromatic N) is 3. The van der Waals surface area contributed by atoms with Gasteiger partial charge in [-0.1, -0.05) is 29.4 Å². The van der Waals surface area contributed by atoms with Crippen molar-refractivity contribution in [3.05, 3.63) is 47.7 Å². The fourth-order valence-electron chi connectivity index (χ4n) is 2.06. The van der Waals surface area contributed by atoms with Crippen LogP contribution in [0.3, 0.4) is 0 Å². The van der Waals surface area contributed by atoms with Crippen molar-refractivity contribution in [2.75, 3.05) is 5.32 Å². The summed E-state index contributed by atoms with van der Waals surface area (Å²) in [7, 11) is 1.84. The molecule has 0 spiro atoms. The molecule has 124 valence electrons. The molecule has 0 bridgehead atoms. The second-order valence-corrected chi connectivity index (χ2v) is 6.85. The van der Waals surface area contributed by atoms with Crippen molar-refractivity contribution in [3.8, 4) is 11.6 Å². The molecule has 8 heteroatoms. The van der Waals surface area contributed by atoms with Crippen LogP contribution in [-0.4, -0.2) is 25.9 Å². The van der Waals surface area contributed by atoms with Crippen molar-refractivity contribution < 1.29 is 9.21 Å². The summed E-state index contributed by atoms with van der Waals surface area (Å²) in [6.45, 7) is 1.81. The highest BCUT2D eigenvalue weighted by Gasteiger charge is 2.20. The molecule has 0 radical (unpaired) electrons. The average molecular weight is 363 g/mol. The number of carbonyl (C=O) groups is 1. The van der Waals surface area contributed by atoms with Gasteiger partial charge >= 0.3 is 0 Å². The Hall–Kier alpha value is -2.25. The van der Waals surface area contributed by atoms with Gasteiger partial charge in [-0.25, -0.2) is 0 Å². The maximum Gasteiger partial charge on any atom is 0.237 e. The van der Waals surface area contributed by atoms with Gasteiger partial charge in [-0.05, 0) is 37.3 Å². The van der Waals surface area contributed by atoms with E-state index in [-0.39, 0.29) is 11.2 Å². The predicted molar refractivity (Wildman–Crippen MR) is 94.1 cm³/mol. The van der Waals surface area contributed by atoms with E-state index in [1.807, 2.05) is 20.0 Å². The Morgan fingerprint density at radius 1 is 1.33 bits per heavy atom. The number of amides is 1. The van der Waals surface area contributed by atoms with Gasteiger partial charge in [-0.3, -0.25) is 4.79 Å². The molecule has 2 aromatic heterocycles. The second kappa shape index (κ2) is 7.11. The lowest BCUT2D eigenvalue weighted by Gasteiger charge is -2.11. The summed E-state index contributed by atoms with van der Waals surface area (Å²) in [6, 6.07) is 10.6. The highest BCUT2D eigenvalue weighted by atomic mass is 35.5. The lowest BCUT2D eigenvalue weighted by molar-refractivity contribution is -0.115. The van der Waals surface area contributed by atoms with E-state index in [9.17, 15) is 4.79 Å². The van der Waals surface area contributed by atoms with E-state index in [2.05, 4.69) is 15.5 Å². The van der Waals surface area contributed by atoms with E-state index in [0.29, 0.717) is 27.5 Å². The molecule has 24 heavy (non-hydrogen) atoms. The van der Waals surface area contributed by atoms with Gasteiger partial charge in [0, 0.05) is 17.8 Å². The predicted octanol–water partition coefficient (Wildman–Crippen LogP) is 3.85. The van der Waals surface area contributed by atoms with E-state index < -0.39 is 0 Å². The van der Waals surface area contributed by atoms with Gasteiger partial charge < -0.3 is 14.3 Å². The molecule has 1 atom stereocenters. The van der Waals surface area contributed by atoms with Crippen LogP contribution >= 0.6 is 23.4 Å². The van der Waals surface area contributed by atoms with Crippen LogP contribution in [0.1, 0.15) is 6.92 Å². The summed E-state index contributed by atoms with van der Waals surface area (Å²) in [5.74, 6) is 1.11. The second-order valence-electron chi connectivity index (χ2n) is 5.10. The summed E-state index contributed by atoms with van der Waals surface area (Å²) in [4.78, 5) is 12.3. The Balaban J connectivity index is 1.68. The van der Waals surface area contributed by atoms with E-state index in [4.69, 9.17) is 16.0 Å². The Morgan fingerprint density at radius 2 is 2.17 bits per heavy atom. The molecule has 2 heterocycles. The van der Waals surface area contributed by atoms with Crippen molar-refractivity contribution in [1.29, 1.82) is 0 Å². The van der Waals surface area contributed by atoms with Crippen molar-refractivity contribution in [2.24, 2.45) is 7.05 Å². The molecule has 3 rings (SSSR count). The summed E-state index contributed by atoms with van der Waals surface area (Å²) in [5.41, 5.74) is 0.661. The summed E-state index contributed by atoms with van der Waals surface area (Å²) in [6.07, 6.45) is 1.58. The largest absolute Gasteiger partial charge is 0.461 e. The number of hydrogen-bond acceptors (Lipinski definition) is 5. The normalized spacial score (nSPS) is 12.1. The van der Waals surface area contributed by atoms with Gasteiger partial charge in [-0.2, -0.15) is 0 Å². The molecular weight excluding hydrogens is 348 g/mol. The first-order valence-electron chi connectivity index (χ1n) is 7.21. The number of benzene rings is 1. The smallest absolute Gasteiger partial charge is 0.237 e. The first-order chi connectivity index (χ1) is 11.5. The first-order valence-corrected chi connectivity index (χ1v) is 8.46. The van der Waals surface area contributed by atoms with E-state index in [1.54, 1.807) is 41.2 Å². The molecule has 0 saturated carbocycles. The summed E-state index contributed by atoms with van der Waals surface area (Å²) < 4.78 is 7.13.